The lowest BCUT2D eigenvalue weighted by molar-refractivity contribution is 0.0691. The van der Waals surface area contributed by atoms with Crippen molar-refractivity contribution >= 4 is 0 Å². The van der Waals surface area contributed by atoms with E-state index in [-0.39, 0.29) is 11.5 Å². The van der Waals surface area contributed by atoms with Gasteiger partial charge in [0.2, 0.25) is 0 Å². The predicted molar refractivity (Wildman–Crippen MR) is 114 cm³/mol. The van der Waals surface area contributed by atoms with Crippen LogP contribution in [0.15, 0.2) is 42.5 Å². The van der Waals surface area contributed by atoms with Gasteiger partial charge in [0.05, 0.1) is 6.04 Å². The van der Waals surface area contributed by atoms with Crippen molar-refractivity contribution in [2.75, 3.05) is 19.6 Å². The molecule has 0 radical (unpaired) electrons. The van der Waals surface area contributed by atoms with E-state index in [9.17, 15) is 0 Å². The number of nitrogens with one attached hydrogen (secondary N) is 1. The molecule has 2 unspecified atom stereocenters. The topological polar surface area (TPSA) is 24.5 Å². The van der Waals surface area contributed by atoms with Crippen molar-refractivity contribution in [3.63, 3.8) is 0 Å². The van der Waals surface area contributed by atoms with Gasteiger partial charge < -0.3 is 15.0 Å². The summed E-state index contributed by atoms with van der Waals surface area (Å²) >= 11 is 0. The number of hydrogen-bond donors (Lipinski definition) is 1. The number of nitrogens with zero attached hydrogens (tertiary/aromatic N) is 1. The maximum Gasteiger partial charge on any atom is 0.124 e. The van der Waals surface area contributed by atoms with Crippen LogP contribution in [0.25, 0.3) is 0 Å². The summed E-state index contributed by atoms with van der Waals surface area (Å²) in [4.78, 5) is 2.63. The van der Waals surface area contributed by atoms with Gasteiger partial charge in [0.25, 0.3) is 0 Å². The summed E-state index contributed by atoms with van der Waals surface area (Å²) in [6.07, 6.45) is 2.66. The molecular weight excluding hydrogens is 344 g/mol. The molecule has 2 aromatic carbocycles. The van der Waals surface area contributed by atoms with E-state index in [1.807, 2.05) is 0 Å². The Morgan fingerprint density at radius 3 is 2.50 bits per heavy atom. The monoisotopic (exact) mass is 376 g/mol. The van der Waals surface area contributed by atoms with Crippen molar-refractivity contribution in [3.05, 3.63) is 64.7 Å². The first kappa shape index (κ1) is 18.2. The molecule has 0 amide bonds. The largest absolute Gasteiger partial charge is 0.489 e. The second kappa shape index (κ2) is 6.89. The molecule has 4 heterocycles. The minimum absolute atomic E-state index is 0.126. The maximum atomic E-state index is 6.27. The van der Waals surface area contributed by atoms with E-state index >= 15 is 0 Å². The van der Waals surface area contributed by atoms with Crippen molar-refractivity contribution in [2.24, 2.45) is 5.92 Å². The van der Waals surface area contributed by atoms with Gasteiger partial charge in [0.1, 0.15) is 12.4 Å². The van der Waals surface area contributed by atoms with Crippen LogP contribution < -0.4 is 10.1 Å². The highest BCUT2D eigenvalue weighted by Gasteiger charge is 2.37. The van der Waals surface area contributed by atoms with Crippen molar-refractivity contribution in [1.82, 2.24) is 10.2 Å². The third kappa shape index (κ3) is 3.25. The van der Waals surface area contributed by atoms with Crippen LogP contribution in [0.1, 0.15) is 61.9 Å². The van der Waals surface area contributed by atoms with Gasteiger partial charge in [0, 0.05) is 18.2 Å². The van der Waals surface area contributed by atoms with E-state index in [1.54, 1.807) is 0 Å². The third-order valence-electron chi connectivity index (χ3n) is 6.97. The Balaban J connectivity index is 1.57. The molecular formula is C25H32N2O. The number of benzene rings is 2. The highest BCUT2D eigenvalue weighted by Crippen LogP contribution is 2.40. The molecule has 0 aromatic heterocycles. The number of rotatable bonds is 2. The fraction of sp³-hybridized carbons (Fsp3) is 0.520. The molecule has 148 valence electrons. The summed E-state index contributed by atoms with van der Waals surface area (Å²) in [5.74, 6) is 1.83. The highest BCUT2D eigenvalue weighted by atomic mass is 16.5. The Bertz CT molecular complexity index is 861. The van der Waals surface area contributed by atoms with Crippen LogP contribution in [0.4, 0.5) is 0 Å². The highest BCUT2D eigenvalue weighted by molar-refractivity contribution is 5.49. The van der Waals surface area contributed by atoms with E-state index < -0.39 is 0 Å². The summed E-state index contributed by atoms with van der Waals surface area (Å²) in [5, 5.41) is 4.10. The van der Waals surface area contributed by atoms with Gasteiger partial charge in [-0.05, 0) is 66.1 Å². The van der Waals surface area contributed by atoms with Crippen molar-refractivity contribution in [1.29, 1.82) is 0 Å². The fourth-order valence-electron chi connectivity index (χ4n) is 5.19. The standard InChI is InChI=1S/C25H32N2O/c1-25(2,3)19-8-9-23-21(14-19)24(20-7-5-4-6-18(20)16-28-23)26-22-15-27-12-10-17(22)11-13-27/h4-9,14,17,22,24,26H,10-13,15-16H2,1-3H3. The van der Waals surface area contributed by atoms with E-state index in [2.05, 4.69) is 73.5 Å². The Morgan fingerprint density at radius 1 is 1.00 bits per heavy atom. The van der Waals surface area contributed by atoms with Crippen LogP contribution in [-0.2, 0) is 12.0 Å². The number of fused-ring (bicyclic) bond motifs is 5. The van der Waals surface area contributed by atoms with Crippen LogP contribution in [0, 0.1) is 5.92 Å². The van der Waals surface area contributed by atoms with E-state index in [0.29, 0.717) is 12.6 Å². The summed E-state index contributed by atoms with van der Waals surface area (Å²) < 4.78 is 6.27. The molecule has 4 aliphatic heterocycles. The lowest BCUT2D eigenvalue weighted by Gasteiger charge is -2.46. The van der Waals surface area contributed by atoms with Gasteiger partial charge in [-0.15, -0.1) is 0 Å². The molecule has 28 heavy (non-hydrogen) atoms. The molecule has 6 rings (SSSR count). The van der Waals surface area contributed by atoms with Crippen molar-refractivity contribution in [2.45, 2.75) is 57.7 Å². The summed E-state index contributed by atoms with van der Waals surface area (Å²) in [6, 6.07) is 16.4. The molecule has 3 fully saturated rings. The van der Waals surface area contributed by atoms with Gasteiger partial charge in [-0.3, -0.25) is 0 Å². The summed E-state index contributed by atoms with van der Waals surface area (Å²) in [7, 11) is 0. The molecule has 3 nitrogen and oxygen atoms in total. The van der Waals surface area contributed by atoms with E-state index in [1.165, 1.54) is 54.7 Å². The smallest absolute Gasteiger partial charge is 0.124 e. The van der Waals surface area contributed by atoms with Crippen LogP contribution >= 0.6 is 0 Å². The zero-order chi connectivity index (χ0) is 19.3. The molecule has 3 heteroatoms. The SMILES string of the molecule is CC(C)(C)c1ccc2c(c1)C(NC1CN3CCC1CC3)c1ccccc1CO2. The normalized spacial score (nSPS) is 28.8. The van der Waals surface area contributed by atoms with E-state index in [0.717, 1.165) is 11.7 Å². The molecule has 4 aliphatic rings. The first-order valence-electron chi connectivity index (χ1n) is 10.8. The Morgan fingerprint density at radius 2 is 1.79 bits per heavy atom. The average Bonchev–Trinajstić information content (AvgIpc) is 2.85. The third-order valence-corrected chi connectivity index (χ3v) is 6.97. The Kier molecular flexibility index (Phi) is 4.48. The van der Waals surface area contributed by atoms with Crippen LogP contribution in [-0.4, -0.2) is 30.6 Å². The summed E-state index contributed by atoms with van der Waals surface area (Å²) in [5.41, 5.74) is 5.48. The number of ether oxygens (including phenoxy) is 1. The maximum absolute atomic E-state index is 6.27. The average molecular weight is 377 g/mol. The van der Waals surface area contributed by atoms with Gasteiger partial charge in [-0.2, -0.15) is 0 Å². The first-order valence-corrected chi connectivity index (χ1v) is 10.8. The number of hydrogen-bond acceptors (Lipinski definition) is 3. The zero-order valence-electron chi connectivity index (χ0n) is 17.4. The van der Waals surface area contributed by atoms with Crippen LogP contribution in [0.2, 0.25) is 0 Å². The predicted octanol–water partition coefficient (Wildman–Crippen LogP) is 4.65. The second-order valence-corrected chi connectivity index (χ2v) is 9.83. The number of piperidine rings is 3. The lowest BCUT2D eigenvalue weighted by atomic mass is 9.81. The van der Waals surface area contributed by atoms with Gasteiger partial charge in [-0.25, -0.2) is 0 Å². The molecule has 1 N–H and O–H groups in total. The van der Waals surface area contributed by atoms with Crippen molar-refractivity contribution < 1.29 is 4.74 Å². The van der Waals surface area contributed by atoms with Crippen LogP contribution in [0.5, 0.6) is 5.75 Å². The minimum atomic E-state index is 0.126. The van der Waals surface area contributed by atoms with Gasteiger partial charge in [-0.1, -0.05) is 51.1 Å². The molecule has 0 spiro atoms. The Hall–Kier alpha value is -1.84. The molecule has 2 atom stereocenters. The quantitative estimate of drug-likeness (QED) is 0.826. The molecule has 0 aliphatic carbocycles. The molecule has 0 saturated carbocycles. The van der Waals surface area contributed by atoms with Gasteiger partial charge in [0.15, 0.2) is 0 Å². The molecule has 2 aromatic rings. The van der Waals surface area contributed by atoms with Crippen molar-refractivity contribution in [3.8, 4) is 5.75 Å². The lowest BCUT2D eigenvalue weighted by Crippen LogP contribution is -2.56. The second-order valence-electron chi connectivity index (χ2n) is 9.83. The molecule has 2 bridgehead atoms. The van der Waals surface area contributed by atoms with Gasteiger partial charge >= 0.3 is 0 Å². The summed E-state index contributed by atoms with van der Waals surface area (Å²) in [6.45, 7) is 11.2. The minimum Gasteiger partial charge on any atom is -0.489 e. The van der Waals surface area contributed by atoms with E-state index in [4.69, 9.17) is 4.74 Å². The Labute approximate surface area is 169 Å². The van der Waals surface area contributed by atoms with Crippen LogP contribution in [0.3, 0.4) is 0 Å². The first-order chi connectivity index (χ1) is 13.5. The fourth-order valence-corrected chi connectivity index (χ4v) is 5.19. The molecule has 3 saturated heterocycles. The zero-order valence-corrected chi connectivity index (χ0v) is 17.4.